The smallest absolute Gasteiger partial charge is 0.220 e. The van der Waals surface area contributed by atoms with Crippen molar-refractivity contribution in [2.24, 2.45) is 23.5 Å². The number of hydrogen-bond donors (Lipinski definition) is 2. The second-order valence-corrected chi connectivity index (χ2v) is 4.15. The maximum absolute atomic E-state index is 11.0. The van der Waals surface area contributed by atoms with E-state index in [9.17, 15) is 9.90 Å². The summed E-state index contributed by atoms with van der Waals surface area (Å²) in [4.78, 5) is 11.0. The molecular weight excluding hydrogens is 154 g/mol. The fourth-order valence-corrected chi connectivity index (χ4v) is 2.80. The lowest BCUT2D eigenvalue weighted by Gasteiger charge is -2.44. The van der Waals surface area contributed by atoms with Gasteiger partial charge in [-0.05, 0) is 37.5 Å². The van der Waals surface area contributed by atoms with Crippen LogP contribution in [0.15, 0.2) is 0 Å². The average Bonchev–Trinajstić information content (AvgIpc) is 2.04. The van der Waals surface area contributed by atoms with E-state index < -0.39 is 0 Å². The summed E-state index contributed by atoms with van der Waals surface area (Å²) in [5, 5.41) is 9.61. The van der Waals surface area contributed by atoms with Crippen molar-refractivity contribution in [3.63, 3.8) is 0 Å². The molecule has 1 amide bonds. The van der Waals surface area contributed by atoms with Gasteiger partial charge in [0.15, 0.2) is 0 Å². The van der Waals surface area contributed by atoms with Crippen molar-refractivity contribution >= 4 is 5.91 Å². The lowest BCUT2D eigenvalue weighted by molar-refractivity contribution is -0.132. The molecule has 0 aliphatic heterocycles. The summed E-state index contributed by atoms with van der Waals surface area (Å²) in [7, 11) is 0. The number of rotatable bonds is 1. The zero-order valence-electron chi connectivity index (χ0n) is 7.07. The first kappa shape index (κ1) is 8.05. The van der Waals surface area contributed by atoms with Gasteiger partial charge < -0.3 is 10.8 Å². The number of amides is 1. The molecule has 3 rings (SSSR count). The van der Waals surface area contributed by atoms with Crippen molar-refractivity contribution in [2.75, 3.05) is 0 Å². The van der Waals surface area contributed by atoms with Crippen molar-refractivity contribution in [3.05, 3.63) is 0 Å². The number of primary amides is 1. The van der Waals surface area contributed by atoms with Crippen LogP contribution in [-0.2, 0) is 4.79 Å². The average molecular weight is 169 g/mol. The van der Waals surface area contributed by atoms with Gasteiger partial charge in [0.2, 0.25) is 5.91 Å². The molecule has 2 bridgehead atoms. The molecule has 3 heteroatoms. The number of hydrogen-bond acceptors (Lipinski definition) is 2. The van der Waals surface area contributed by atoms with Gasteiger partial charge in [-0.2, -0.15) is 0 Å². The van der Waals surface area contributed by atoms with E-state index in [1.54, 1.807) is 0 Å². The molecule has 12 heavy (non-hydrogen) atoms. The summed E-state index contributed by atoms with van der Waals surface area (Å²) >= 11 is 0. The molecule has 3 aliphatic carbocycles. The highest BCUT2D eigenvalue weighted by Crippen LogP contribution is 2.44. The number of fused-ring (bicyclic) bond motifs is 3. The van der Waals surface area contributed by atoms with Gasteiger partial charge in [0.25, 0.3) is 0 Å². The highest BCUT2D eigenvalue weighted by molar-refractivity contribution is 5.77. The van der Waals surface area contributed by atoms with E-state index in [0.717, 1.165) is 19.3 Å². The van der Waals surface area contributed by atoms with Gasteiger partial charge in [0, 0.05) is 5.92 Å². The summed E-state index contributed by atoms with van der Waals surface area (Å²) in [6.07, 6.45) is 3.69. The molecule has 68 valence electrons. The summed E-state index contributed by atoms with van der Waals surface area (Å²) in [6, 6.07) is 0. The standard InChI is InChI=1S/C9H15NO2/c10-9(12)7-3-5-1-2-6(7)8(11)4-5/h5-8,11H,1-4H2,(H2,10,12)/t5-,6-,7-,8+/m0/s1. The minimum Gasteiger partial charge on any atom is -0.393 e. The Morgan fingerprint density at radius 1 is 1.33 bits per heavy atom. The van der Waals surface area contributed by atoms with Gasteiger partial charge in [-0.1, -0.05) is 0 Å². The van der Waals surface area contributed by atoms with E-state index in [4.69, 9.17) is 5.73 Å². The van der Waals surface area contributed by atoms with Crippen LogP contribution in [0.5, 0.6) is 0 Å². The molecule has 0 aromatic rings. The molecule has 3 fully saturated rings. The summed E-state index contributed by atoms with van der Waals surface area (Å²) < 4.78 is 0. The van der Waals surface area contributed by atoms with E-state index in [0.29, 0.717) is 5.92 Å². The molecule has 3 nitrogen and oxygen atoms in total. The number of aliphatic hydroxyl groups is 1. The Balaban J connectivity index is 2.14. The van der Waals surface area contributed by atoms with Crippen LogP contribution >= 0.6 is 0 Å². The number of aliphatic hydroxyl groups excluding tert-OH is 1. The van der Waals surface area contributed by atoms with Crippen molar-refractivity contribution in [1.29, 1.82) is 0 Å². The fourth-order valence-electron chi connectivity index (χ4n) is 2.80. The zero-order chi connectivity index (χ0) is 8.72. The highest BCUT2D eigenvalue weighted by atomic mass is 16.3. The van der Waals surface area contributed by atoms with Gasteiger partial charge in [-0.25, -0.2) is 0 Å². The van der Waals surface area contributed by atoms with E-state index in [1.807, 2.05) is 0 Å². The van der Waals surface area contributed by atoms with Crippen LogP contribution in [0.3, 0.4) is 0 Å². The van der Waals surface area contributed by atoms with Crippen LogP contribution in [0.2, 0.25) is 0 Å². The lowest BCUT2D eigenvalue weighted by atomic mass is 9.63. The molecular formula is C9H15NO2. The van der Waals surface area contributed by atoms with Crippen LogP contribution in [0, 0.1) is 17.8 Å². The van der Waals surface area contributed by atoms with Crippen LogP contribution in [0.4, 0.5) is 0 Å². The van der Waals surface area contributed by atoms with Crippen LogP contribution in [-0.4, -0.2) is 17.1 Å². The molecule has 0 spiro atoms. The van der Waals surface area contributed by atoms with Crippen molar-refractivity contribution in [1.82, 2.24) is 0 Å². The van der Waals surface area contributed by atoms with Crippen LogP contribution in [0.1, 0.15) is 25.7 Å². The second kappa shape index (κ2) is 2.73. The topological polar surface area (TPSA) is 63.3 Å². The van der Waals surface area contributed by atoms with E-state index in [1.165, 1.54) is 6.42 Å². The Bertz CT molecular complexity index is 205. The molecule has 3 aliphatic rings. The lowest BCUT2D eigenvalue weighted by Crippen LogP contribution is -2.46. The molecule has 3 saturated carbocycles. The Morgan fingerprint density at radius 2 is 2.08 bits per heavy atom. The Morgan fingerprint density at radius 3 is 2.50 bits per heavy atom. The molecule has 3 N–H and O–H groups in total. The monoisotopic (exact) mass is 169 g/mol. The predicted octanol–water partition coefficient (Wildman–Crippen LogP) is 0.269. The minimum absolute atomic E-state index is 0.0486. The molecule has 0 saturated heterocycles. The maximum Gasteiger partial charge on any atom is 0.220 e. The molecule has 0 aromatic carbocycles. The quantitative estimate of drug-likeness (QED) is 0.591. The summed E-state index contributed by atoms with van der Waals surface area (Å²) in [5.41, 5.74) is 5.27. The Hall–Kier alpha value is -0.570. The van der Waals surface area contributed by atoms with Gasteiger partial charge >= 0.3 is 0 Å². The van der Waals surface area contributed by atoms with Crippen molar-refractivity contribution < 1.29 is 9.90 Å². The third-order valence-corrected chi connectivity index (χ3v) is 3.45. The largest absolute Gasteiger partial charge is 0.393 e. The summed E-state index contributed by atoms with van der Waals surface area (Å²) in [6.45, 7) is 0. The van der Waals surface area contributed by atoms with Crippen LogP contribution in [0.25, 0.3) is 0 Å². The van der Waals surface area contributed by atoms with Crippen molar-refractivity contribution in [3.8, 4) is 0 Å². The molecule has 0 radical (unpaired) electrons. The SMILES string of the molecule is NC(=O)[C@H]1C[C@@H]2CC[C@@H]1[C@H](O)C2. The molecule has 0 heterocycles. The first-order valence-corrected chi connectivity index (χ1v) is 4.66. The van der Waals surface area contributed by atoms with Crippen LogP contribution < -0.4 is 5.73 Å². The predicted molar refractivity (Wildman–Crippen MR) is 44.1 cm³/mol. The van der Waals surface area contributed by atoms with E-state index in [-0.39, 0.29) is 23.8 Å². The number of carbonyl (C=O) groups is 1. The molecule has 4 atom stereocenters. The summed E-state index contributed by atoms with van der Waals surface area (Å²) in [5.74, 6) is 0.436. The van der Waals surface area contributed by atoms with Gasteiger partial charge in [-0.3, -0.25) is 4.79 Å². The van der Waals surface area contributed by atoms with E-state index in [2.05, 4.69) is 0 Å². The Labute approximate surface area is 71.9 Å². The minimum atomic E-state index is -0.269. The van der Waals surface area contributed by atoms with Gasteiger partial charge in [0.1, 0.15) is 0 Å². The maximum atomic E-state index is 11.0. The first-order valence-electron chi connectivity index (χ1n) is 4.66. The second-order valence-electron chi connectivity index (χ2n) is 4.15. The van der Waals surface area contributed by atoms with E-state index >= 15 is 0 Å². The molecule has 0 unspecified atom stereocenters. The van der Waals surface area contributed by atoms with Gasteiger partial charge in [0.05, 0.1) is 6.10 Å². The third-order valence-electron chi connectivity index (χ3n) is 3.45. The number of carbonyl (C=O) groups excluding carboxylic acids is 1. The highest BCUT2D eigenvalue weighted by Gasteiger charge is 2.43. The zero-order valence-corrected chi connectivity index (χ0v) is 7.07. The number of nitrogens with two attached hydrogens (primary N) is 1. The molecule has 0 aromatic heterocycles. The fraction of sp³-hybridized carbons (Fsp3) is 0.889. The van der Waals surface area contributed by atoms with Crippen molar-refractivity contribution in [2.45, 2.75) is 31.8 Å². The Kier molecular flexibility index (Phi) is 1.83. The first-order chi connectivity index (χ1) is 5.68. The normalized spacial score (nSPS) is 46.1. The third kappa shape index (κ3) is 1.12. The van der Waals surface area contributed by atoms with Gasteiger partial charge in [-0.15, -0.1) is 0 Å².